The molecule has 0 radical (unpaired) electrons. The second-order valence-corrected chi connectivity index (χ2v) is 13.8. The summed E-state index contributed by atoms with van der Waals surface area (Å²) in [5, 5.41) is 0. The Balaban J connectivity index is 1.64. The van der Waals surface area contributed by atoms with Gasteiger partial charge in [-0.3, -0.25) is 0 Å². The van der Waals surface area contributed by atoms with Crippen molar-refractivity contribution in [1.82, 2.24) is 0 Å². The van der Waals surface area contributed by atoms with Crippen LogP contribution in [0.15, 0.2) is 84.9 Å². The zero-order valence-electron chi connectivity index (χ0n) is 22.2. The van der Waals surface area contributed by atoms with Crippen molar-refractivity contribution in [3.63, 3.8) is 0 Å². The fraction of sp³-hybridized carbons (Fsp3) is 0.273. The van der Waals surface area contributed by atoms with Gasteiger partial charge in [0.05, 0.1) is 0 Å². The molecule has 0 fully saturated rings. The highest BCUT2D eigenvalue weighted by Gasteiger charge is 2.60. The van der Waals surface area contributed by atoms with E-state index in [0.717, 1.165) is 46.2 Å². The van der Waals surface area contributed by atoms with Crippen LogP contribution in [0.25, 0.3) is 22.3 Å². The van der Waals surface area contributed by atoms with Crippen molar-refractivity contribution in [2.24, 2.45) is 5.50 Å². The van der Waals surface area contributed by atoms with Gasteiger partial charge in [0.25, 0.3) is 0 Å². The van der Waals surface area contributed by atoms with Crippen molar-refractivity contribution >= 4 is 7.75 Å². The molecular formula is C33H32NO3P. The summed E-state index contributed by atoms with van der Waals surface area (Å²) < 4.78 is 26.8. The van der Waals surface area contributed by atoms with Gasteiger partial charge in [-0.25, -0.2) is 10.1 Å². The van der Waals surface area contributed by atoms with E-state index < -0.39 is 7.75 Å². The summed E-state index contributed by atoms with van der Waals surface area (Å²) in [6, 6.07) is 28.9. The lowest BCUT2D eigenvalue weighted by Gasteiger charge is -2.35. The van der Waals surface area contributed by atoms with Crippen LogP contribution in [0.4, 0.5) is 0 Å². The summed E-state index contributed by atoms with van der Waals surface area (Å²) in [7, 11) is -4.04. The van der Waals surface area contributed by atoms with E-state index in [1.54, 1.807) is 0 Å². The zero-order valence-corrected chi connectivity index (χ0v) is 23.1. The topological polar surface area (TPSA) is 61.5 Å². The molecule has 0 unspecified atom stereocenters. The Bertz CT molecular complexity index is 1540. The van der Waals surface area contributed by atoms with Gasteiger partial charge in [-0.05, 0) is 45.9 Å². The average molecular weight is 522 g/mol. The van der Waals surface area contributed by atoms with Crippen molar-refractivity contribution in [3.8, 4) is 33.8 Å². The minimum atomic E-state index is -4.04. The molecule has 0 aromatic heterocycles. The lowest BCUT2D eigenvalue weighted by atomic mass is 9.71. The number of rotatable bonds is 2. The zero-order chi connectivity index (χ0) is 26.5. The predicted octanol–water partition coefficient (Wildman–Crippen LogP) is 8.51. The normalized spacial score (nSPS) is 20.3. The molecule has 38 heavy (non-hydrogen) atoms. The lowest BCUT2D eigenvalue weighted by molar-refractivity contribution is 0.328. The van der Waals surface area contributed by atoms with Crippen LogP contribution < -0.4 is 14.6 Å². The first-order chi connectivity index (χ1) is 18.0. The predicted molar refractivity (Wildman–Crippen MR) is 153 cm³/mol. The van der Waals surface area contributed by atoms with E-state index in [0.29, 0.717) is 11.5 Å². The summed E-state index contributed by atoms with van der Waals surface area (Å²) in [4.78, 5) is 0. The van der Waals surface area contributed by atoms with E-state index in [1.807, 2.05) is 36.4 Å². The SMILES string of the molecule is CC1(C)CC23CC(C)(C)c4ccc(-c5ccccc5)c(c42)OP(N)(=O)Oc2c(-c4ccccc4)ccc1c23. The second kappa shape index (κ2) is 7.62. The third-order valence-electron chi connectivity index (χ3n) is 8.82. The molecule has 0 atom stereocenters. The first kappa shape index (κ1) is 23.8. The van der Waals surface area contributed by atoms with E-state index >= 15 is 0 Å². The van der Waals surface area contributed by atoms with Crippen LogP contribution in [0.3, 0.4) is 0 Å². The molecule has 4 aromatic carbocycles. The first-order valence-electron chi connectivity index (χ1n) is 13.3. The number of nitrogens with two attached hydrogens (primary N) is 1. The Kier molecular flexibility index (Phi) is 4.77. The molecule has 2 N–H and O–H groups in total. The molecule has 0 saturated heterocycles. The molecule has 192 valence electrons. The Hall–Kier alpha value is -3.33. The van der Waals surface area contributed by atoms with Gasteiger partial charge in [0.1, 0.15) is 11.5 Å². The average Bonchev–Trinajstić information content (AvgIpc) is 3.24. The molecule has 4 nitrogen and oxygen atoms in total. The Morgan fingerprint density at radius 1 is 0.632 bits per heavy atom. The van der Waals surface area contributed by atoms with Crippen molar-refractivity contribution in [2.45, 2.75) is 56.8 Å². The molecule has 0 amide bonds. The molecule has 0 bridgehead atoms. The van der Waals surface area contributed by atoms with Gasteiger partial charge in [0, 0.05) is 27.7 Å². The molecular weight excluding hydrogens is 489 g/mol. The van der Waals surface area contributed by atoms with Crippen molar-refractivity contribution < 1.29 is 13.6 Å². The van der Waals surface area contributed by atoms with E-state index in [4.69, 9.17) is 14.6 Å². The summed E-state index contributed by atoms with van der Waals surface area (Å²) in [5.41, 5.74) is 14.3. The van der Waals surface area contributed by atoms with Gasteiger partial charge in [0.15, 0.2) is 0 Å². The van der Waals surface area contributed by atoms with Crippen LogP contribution in [0.5, 0.6) is 11.5 Å². The van der Waals surface area contributed by atoms with E-state index in [2.05, 4.69) is 76.2 Å². The molecule has 0 saturated carbocycles. The highest BCUT2D eigenvalue weighted by atomic mass is 31.2. The van der Waals surface area contributed by atoms with Gasteiger partial charge in [-0.15, -0.1) is 0 Å². The summed E-state index contributed by atoms with van der Waals surface area (Å²) in [5.74, 6) is 1.20. The standard InChI is InChI=1S/C33H32NO3P/c1-31(2)19-33-20-32(3,4)26-18-16-24(22-13-9-6-10-14-22)30(28(26)33)37-38(34,35)36-29-23(15-17-25(31)27(29)33)21-11-7-5-8-12-21/h5-18H,19-20H2,1-4H3,(H2,34,35). The molecule has 7 rings (SSSR count). The minimum absolute atomic E-state index is 0.122. The maximum Gasteiger partial charge on any atom is 0.510 e. The Morgan fingerprint density at radius 2 is 1.03 bits per heavy atom. The molecule has 2 aliphatic carbocycles. The van der Waals surface area contributed by atoms with Gasteiger partial charge in [0.2, 0.25) is 0 Å². The summed E-state index contributed by atoms with van der Waals surface area (Å²) >= 11 is 0. The fourth-order valence-electron chi connectivity index (χ4n) is 7.64. The van der Waals surface area contributed by atoms with Gasteiger partial charge >= 0.3 is 7.75 Å². The monoisotopic (exact) mass is 521 g/mol. The van der Waals surface area contributed by atoms with E-state index in [9.17, 15) is 4.57 Å². The van der Waals surface area contributed by atoms with Gasteiger partial charge in [-0.1, -0.05) is 113 Å². The summed E-state index contributed by atoms with van der Waals surface area (Å²) in [6.07, 6.45) is 1.81. The molecule has 1 aliphatic heterocycles. The minimum Gasteiger partial charge on any atom is -0.404 e. The second-order valence-electron chi connectivity index (χ2n) is 12.4. The maximum atomic E-state index is 14.0. The first-order valence-corrected chi connectivity index (χ1v) is 14.9. The van der Waals surface area contributed by atoms with E-state index in [1.165, 1.54) is 11.1 Å². The van der Waals surface area contributed by atoms with Gasteiger partial charge in [-0.2, -0.15) is 0 Å². The third kappa shape index (κ3) is 3.23. The summed E-state index contributed by atoms with van der Waals surface area (Å²) in [6.45, 7) is 9.22. The van der Waals surface area contributed by atoms with E-state index in [-0.39, 0.29) is 16.2 Å². The Morgan fingerprint density at radius 3 is 1.42 bits per heavy atom. The highest BCUT2D eigenvalue weighted by molar-refractivity contribution is 7.52. The van der Waals surface area contributed by atoms with Crippen molar-refractivity contribution in [3.05, 3.63) is 107 Å². The van der Waals surface area contributed by atoms with Crippen molar-refractivity contribution in [1.29, 1.82) is 0 Å². The fourth-order valence-corrected chi connectivity index (χ4v) is 8.56. The third-order valence-corrected chi connectivity index (χ3v) is 9.70. The molecule has 3 aliphatic rings. The van der Waals surface area contributed by atoms with Crippen LogP contribution in [0, 0.1) is 0 Å². The molecule has 1 heterocycles. The van der Waals surface area contributed by atoms with Crippen molar-refractivity contribution in [2.75, 3.05) is 0 Å². The quantitative estimate of drug-likeness (QED) is 0.269. The highest BCUT2D eigenvalue weighted by Crippen LogP contribution is 2.70. The largest absolute Gasteiger partial charge is 0.510 e. The van der Waals surface area contributed by atoms with Crippen LogP contribution >= 0.6 is 7.75 Å². The van der Waals surface area contributed by atoms with Gasteiger partial charge < -0.3 is 9.05 Å². The molecule has 1 spiro atoms. The Labute approximate surface area is 224 Å². The molecule has 4 aromatic rings. The number of hydrogen-bond acceptors (Lipinski definition) is 3. The van der Waals surface area contributed by atoms with Crippen LogP contribution in [-0.4, -0.2) is 0 Å². The lowest BCUT2D eigenvalue weighted by Crippen LogP contribution is -2.29. The van der Waals surface area contributed by atoms with Crippen LogP contribution in [-0.2, 0) is 20.8 Å². The number of benzene rings is 4. The van der Waals surface area contributed by atoms with Crippen LogP contribution in [0.2, 0.25) is 0 Å². The molecule has 5 heteroatoms. The number of hydrogen-bond donors (Lipinski definition) is 1. The smallest absolute Gasteiger partial charge is 0.404 e. The maximum absolute atomic E-state index is 14.0. The van der Waals surface area contributed by atoms with Crippen LogP contribution in [0.1, 0.15) is 62.8 Å².